The molecule has 1 aliphatic rings. The van der Waals surface area contributed by atoms with Gasteiger partial charge in [0.15, 0.2) is 0 Å². The molecular weight excluding hydrogens is 288 g/mol. The fourth-order valence-electron chi connectivity index (χ4n) is 2.37. The van der Waals surface area contributed by atoms with Gasteiger partial charge in [0.05, 0.1) is 6.61 Å². The SMILES string of the molecule is CCOc1ccccc1CCNC(=O)C(C)C1CNC1.Cl. The molecule has 1 aromatic rings. The number of amides is 1. The van der Waals surface area contributed by atoms with E-state index in [0.29, 0.717) is 19.1 Å². The molecule has 2 rings (SSSR count). The number of carbonyl (C=O) groups is 1. The van der Waals surface area contributed by atoms with Crippen LogP contribution < -0.4 is 15.4 Å². The van der Waals surface area contributed by atoms with Gasteiger partial charge in [0.25, 0.3) is 0 Å². The van der Waals surface area contributed by atoms with Crippen LogP contribution in [0.1, 0.15) is 19.4 Å². The first-order chi connectivity index (χ1) is 9.72. The normalized spacial score (nSPS) is 15.5. The summed E-state index contributed by atoms with van der Waals surface area (Å²) in [6.45, 7) is 7.23. The minimum Gasteiger partial charge on any atom is -0.494 e. The molecule has 1 heterocycles. The van der Waals surface area contributed by atoms with Gasteiger partial charge >= 0.3 is 0 Å². The van der Waals surface area contributed by atoms with E-state index in [0.717, 1.165) is 30.8 Å². The van der Waals surface area contributed by atoms with Crippen molar-refractivity contribution in [2.75, 3.05) is 26.2 Å². The van der Waals surface area contributed by atoms with Crippen LogP contribution in [0.5, 0.6) is 5.75 Å². The van der Waals surface area contributed by atoms with Crippen molar-refractivity contribution < 1.29 is 9.53 Å². The van der Waals surface area contributed by atoms with Crippen molar-refractivity contribution in [3.63, 3.8) is 0 Å². The molecule has 0 aromatic heterocycles. The van der Waals surface area contributed by atoms with Crippen LogP contribution in [-0.2, 0) is 11.2 Å². The monoisotopic (exact) mass is 312 g/mol. The summed E-state index contributed by atoms with van der Waals surface area (Å²) in [4.78, 5) is 12.0. The van der Waals surface area contributed by atoms with E-state index in [9.17, 15) is 4.79 Å². The molecule has 5 heteroatoms. The molecule has 1 saturated heterocycles. The summed E-state index contributed by atoms with van der Waals surface area (Å²) < 4.78 is 5.59. The zero-order valence-electron chi connectivity index (χ0n) is 12.7. The van der Waals surface area contributed by atoms with Crippen molar-refractivity contribution >= 4 is 18.3 Å². The van der Waals surface area contributed by atoms with E-state index in [4.69, 9.17) is 4.74 Å². The Balaban J connectivity index is 0.00000220. The number of nitrogens with one attached hydrogen (secondary N) is 2. The van der Waals surface area contributed by atoms with Gasteiger partial charge in [-0.3, -0.25) is 4.79 Å². The average molecular weight is 313 g/mol. The molecule has 0 spiro atoms. The molecule has 0 radical (unpaired) electrons. The lowest BCUT2D eigenvalue weighted by molar-refractivity contribution is -0.126. The van der Waals surface area contributed by atoms with Crippen molar-refractivity contribution in [3.05, 3.63) is 29.8 Å². The molecule has 21 heavy (non-hydrogen) atoms. The number of rotatable bonds is 7. The number of ether oxygens (including phenoxy) is 1. The molecule has 1 amide bonds. The summed E-state index contributed by atoms with van der Waals surface area (Å²) in [5.41, 5.74) is 1.15. The van der Waals surface area contributed by atoms with Crippen molar-refractivity contribution in [1.29, 1.82) is 0 Å². The van der Waals surface area contributed by atoms with Gasteiger partial charge in [0, 0.05) is 12.5 Å². The second-order valence-electron chi connectivity index (χ2n) is 5.29. The van der Waals surface area contributed by atoms with Crippen LogP contribution in [-0.4, -0.2) is 32.1 Å². The highest BCUT2D eigenvalue weighted by Gasteiger charge is 2.28. The molecule has 1 atom stereocenters. The number of benzene rings is 1. The first-order valence-corrected chi connectivity index (χ1v) is 7.41. The topological polar surface area (TPSA) is 50.4 Å². The molecule has 0 saturated carbocycles. The Morgan fingerprint density at radius 2 is 2.14 bits per heavy atom. The number of para-hydroxylation sites is 1. The Morgan fingerprint density at radius 1 is 1.43 bits per heavy atom. The molecule has 1 unspecified atom stereocenters. The minimum absolute atomic E-state index is 0. The van der Waals surface area contributed by atoms with Gasteiger partial charge in [-0.2, -0.15) is 0 Å². The smallest absolute Gasteiger partial charge is 0.223 e. The molecule has 2 N–H and O–H groups in total. The van der Waals surface area contributed by atoms with Gasteiger partial charge in [-0.05, 0) is 44.0 Å². The van der Waals surface area contributed by atoms with Crippen LogP contribution in [0.3, 0.4) is 0 Å². The maximum Gasteiger partial charge on any atom is 0.223 e. The van der Waals surface area contributed by atoms with E-state index >= 15 is 0 Å². The maximum absolute atomic E-state index is 12.0. The highest BCUT2D eigenvalue weighted by atomic mass is 35.5. The van der Waals surface area contributed by atoms with E-state index in [-0.39, 0.29) is 24.2 Å². The summed E-state index contributed by atoms with van der Waals surface area (Å²) in [5.74, 6) is 1.66. The summed E-state index contributed by atoms with van der Waals surface area (Å²) in [6.07, 6.45) is 0.803. The summed E-state index contributed by atoms with van der Waals surface area (Å²) >= 11 is 0. The van der Waals surface area contributed by atoms with E-state index in [2.05, 4.69) is 16.7 Å². The highest BCUT2D eigenvalue weighted by molar-refractivity contribution is 5.85. The van der Waals surface area contributed by atoms with Gasteiger partial charge in [0.2, 0.25) is 5.91 Å². The summed E-state index contributed by atoms with van der Waals surface area (Å²) in [6, 6.07) is 8.00. The van der Waals surface area contributed by atoms with E-state index in [1.165, 1.54) is 0 Å². The Morgan fingerprint density at radius 3 is 2.76 bits per heavy atom. The predicted octanol–water partition coefficient (Wildman–Crippen LogP) is 2.02. The van der Waals surface area contributed by atoms with E-state index < -0.39 is 0 Å². The second-order valence-corrected chi connectivity index (χ2v) is 5.29. The van der Waals surface area contributed by atoms with Gasteiger partial charge < -0.3 is 15.4 Å². The average Bonchev–Trinajstić information content (AvgIpc) is 2.39. The Bertz CT molecular complexity index is 450. The van der Waals surface area contributed by atoms with Crippen LogP contribution in [0, 0.1) is 11.8 Å². The highest BCUT2D eigenvalue weighted by Crippen LogP contribution is 2.18. The van der Waals surface area contributed by atoms with Crippen molar-refractivity contribution in [2.24, 2.45) is 11.8 Å². The predicted molar refractivity (Wildman–Crippen MR) is 87.1 cm³/mol. The molecule has 1 aliphatic heterocycles. The fraction of sp³-hybridized carbons (Fsp3) is 0.562. The first kappa shape index (κ1) is 17.8. The molecule has 1 fully saturated rings. The Hall–Kier alpha value is -1.26. The summed E-state index contributed by atoms with van der Waals surface area (Å²) in [7, 11) is 0. The van der Waals surface area contributed by atoms with Gasteiger partial charge in [-0.15, -0.1) is 12.4 Å². The molecule has 0 aliphatic carbocycles. The van der Waals surface area contributed by atoms with Crippen molar-refractivity contribution in [2.45, 2.75) is 20.3 Å². The molecule has 0 bridgehead atoms. The van der Waals surface area contributed by atoms with Crippen molar-refractivity contribution in [1.82, 2.24) is 10.6 Å². The van der Waals surface area contributed by atoms with Gasteiger partial charge in [-0.1, -0.05) is 25.1 Å². The lowest BCUT2D eigenvalue weighted by Gasteiger charge is -2.31. The molecule has 118 valence electrons. The Labute approximate surface area is 133 Å². The number of hydrogen-bond donors (Lipinski definition) is 2. The fourth-order valence-corrected chi connectivity index (χ4v) is 2.37. The largest absolute Gasteiger partial charge is 0.494 e. The number of hydrogen-bond acceptors (Lipinski definition) is 3. The van der Waals surface area contributed by atoms with Crippen LogP contribution in [0.4, 0.5) is 0 Å². The third-order valence-corrected chi connectivity index (χ3v) is 3.90. The van der Waals surface area contributed by atoms with Crippen LogP contribution in [0.15, 0.2) is 24.3 Å². The number of carbonyl (C=O) groups excluding carboxylic acids is 1. The van der Waals surface area contributed by atoms with E-state index in [1.54, 1.807) is 0 Å². The van der Waals surface area contributed by atoms with Crippen molar-refractivity contribution in [3.8, 4) is 5.75 Å². The van der Waals surface area contributed by atoms with Gasteiger partial charge in [0.1, 0.15) is 5.75 Å². The third kappa shape index (κ3) is 4.90. The maximum atomic E-state index is 12.0. The quantitative estimate of drug-likeness (QED) is 0.810. The third-order valence-electron chi connectivity index (χ3n) is 3.90. The zero-order valence-corrected chi connectivity index (χ0v) is 13.5. The standard InChI is InChI=1S/C16H24N2O2.ClH/c1-3-20-15-7-5-4-6-13(15)8-9-18-16(19)12(2)14-10-17-11-14;/h4-7,12,14,17H,3,8-11H2,1-2H3,(H,18,19);1H. The van der Waals surface area contributed by atoms with E-state index in [1.807, 2.05) is 32.0 Å². The lowest BCUT2D eigenvalue weighted by Crippen LogP contribution is -2.49. The molecular formula is C16H25ClN2O2. The lowest BCUT2D eigenvalue weighted by atomic mass is 9.88. The number of halogens is 1. The van der Waals surface area contributed by atoms with Gasteiger partial charge in [-0.25, -0.2) is 0 Å². The van der Waals surface area contributed by atoms with Crippen LogP contribution >= 0.6 is 12.4 Å². The van der Waals surface area contributed by atoms with Crippen LogP contribution in [0.25, 0.3) is 0 Å². The second kappa shape index (κ2) is 8.90. The molecule has 1 aromatic carbocycles. The minimum atomic E-state index is 0. The summed E-state index contributed by atoms with van der Waals surface area (Å²) in [5, 5.41) is 6.23. The van der Waals surface area contributed by atoms with Crippen LogP contribution in [0.2, 0.25) is 0 Å². The molecule has 4 nitrogen and oxygen atoms in total. The zero-order chi connectivity index (χ0) is 14.4. The first-order valence-electron chi connectivity index (χ1n) is 7.41. The Kier molecular flexibility index (Phi) is 7.54.